The van der Waals surface area contributed by atoms with Crippen molar-refractivity contribution in [2.45, 2.75) is 38.4 Å². The summed E-state index contributed by atoms with van der Waals surface area (Å²) in [5, 5.41) is 0. The molecule has 2 N–H and O–H groups in total. The van der Waals surface area contributed by atoms with Crippen molar-refractivity contribution >= 4 is 11.8 Å². The van der Waals surface area contributed by atoms with Gasteiger partial charge in [-0.1, -0.05) is 18.2 Å². The molecule has 7 heteroatoms. The van der Waals surface area contributed by atoms with Crippen LogP contribution in [0.3, 0.4) is 0 Å². The maximum Gasteiger partial charge on any atom is 0.255 e. The van der Waals surface area contributed by atoms with Crippen LogP contribution < -0.4 is 5.73 Å². The number of halogens is 2. The molecule has 2 aromatic rings. The highest BCUT2D eigenvalue weighted by atomic mass is 19.1. The number of primary amides is 1. The third-order valence-electron chi connectivity index (χ3n) is 6.04. The van der Waals surface area contributed by atoms with Gasteiger partial charge in [-0.3, -0.25) is 14.5 Å². The van der Waals surface area contributed by atoms with Crippen LogP contribution in [-0.4, -0.2) is 40.7 Å². The molecule has 5 nitrogen and oxygen atoms in total. The number of rotatable bonds is 4. The molecular weight excluding hydrogens is 376 g/mol. The first kappa shape index (κ1) is 19.5. The lowest BCUT2D eigenvalue weighted by molar-refractivity contribution is 0.0509. The summed E-state index contributed by atoms with van der Waals surface area (Å²) in [5.74, 6) is -1.86. The predicted octanol–water partition coefficient (Wildman–Crippen LogP) is 3.25. The standard InChI is InChI=1S/C22H23F2N3O2/c1-13-17-3-2-4-18(21(25)28)20(17)22(29)27(13)16-7-9-26(10-8-16)12-14-5-6-15(23)11-19(14)24/h2-6,11,13,16H,7-10,12H2,1H3,(H2,25,28). The van der Waals surface area contributed by atoms with Gasteiger partial charge in [0.05, 0.1) is 17.2 Å². The van der Waals surface area contributed by atoms with Crippen LogP contribution in [0.15, 0.2) is 36.4 Å². The van der Waals surface area contributed by atoms with Gasteiger partial charge in [-0.25, -0.2) is 8.78 Å². The molecule has 2 aromatic carbocycles. The third-order valence-corrected chi connectivity index (χ3v) is 6.04. The zero-order chi connectivity index (χ0) is 20.7. The molecule has 1 atom stereocenters. The van der Waals surface area contributed by atoms with Gasteiger partial charge in [-0.2, -0.15) is 0 Å². The fourth-order valence-corrected chi connectivity index (χ4v) is 4.55. The van der Waals surface area contributed by atoms with Crippen molar-refractivity contribution in [3.8, 4) is 0 Å². The number of piperidine rings is 1. The molecule has 0 aromatic heterocycles. The summed E-state index contributed by atoms with van der Waals surface area (Å²) >= 11 is 0. The Balaban J connectivity index is 1.46. The predicted molar refractivity (Wildman–Crippen MR) is 104 cm³/mol. The average Bonchev–Trinajstić information content (AvgIpc) is 2.95. The lowest BCUT2D eigenvalue weighted by Gasteiger charge is -2.38. The Morgan fingerprint density at radius 1 is 1.17 bits per heavy atom. The quantitative estimate of drug-likeness (QED) is 0.858. The van der Waals surface area contributed by atoms with Crippen LogP contribution in [0.25, 0.3) is 0 Å². The van der Waals surface area contributed by atoms with Gasteiger partial charge in [-0.05, 0) is 37.5 Å². The molecule has 0 aliphatic carbocycles. The Hall–Kier alpha value is -2.80. The minimum atomic E-state index is -0.597. The van der Waals surface area contributed by atoms with Crippen molar-refractivity contribution in [3.63, 3.8) is 0 Å². The van der Waals surface area contributed by atoms with Crippen LogP contribution >= 0.6 is 0 Å². The first-order valence-corrected chi connectivity index (χ1v) is 9.78. The van der Waals surface area contributed by atoms with Gasteiger partial charge >= 0.3 is 0 Å². The number of nitrogens with zero attached hydrogens (tertiary/aromatic N) is 2. The molecule has 0 saturated carbocycles. The second kappa shape index (κ2) is 7.55. The average molecular weight is 399 g/mol. The second-order valence-electron chi connectivity index (χ2n) is 7.77. The number of fused-ring (bicyclic) bond motifs is 1. The number of amides is 2. The van der Waals surface area contributed by atoms with E-state index in [1.54, 1.807) is 12.1 Å². The van der Waals surface area contributed by atoms with Crippen LogP contribution in [0.4, 0.5) is 8.78 Å². The number of nitrogens with two attached hydrogens (primary N) is 1. The van der Waals surface area contributed by atoms with E-state index in [1.165, 1.54) is 12.1 Å². The molecular formula is C22H23F2N3O2. The smallest absolute Gasteiger partial charge is 0.255 e. The lowest BCUT2D eigenvalue weighted by Crippen LogP contribution is -2.45. The van der Waals surface area contributed by atoms with Gasteiger partial charge in [0.2, 0.25) is 5.91 Å². The second-order valence-corrected chi connectivity index (χ2v) is 7.77. The minimum absolute atomic E-state index is 0.0416. The van der Waals surface area contributed by atoms with E-state index in [0.717, 1.165) is 24.5 Å². The molecule has 2 aliphatic rings. The maximum absolute atomic E-state index is 13.9. The van der Waals surface area contributed by atoms with E-state index >= 15 is 0 Å². The number of benzene rings is 2. The Labute approximate surface area is 168 Å². The third kappa shape index (κ3) is 3.51. The molecule has 0 radical (unpaired) electrons. The van der Waals surface area contributed by atoms with E-state index in [1.807, 2.05) is 17.9 Å². The topological polar surface area (TPSA) is 66.6 Å². The van der Waals surface area contributed by atoms with Crippen molar-refractivity contribution in [3.05, 3.63) is 70.3 Å². The van der Waals surface area contributed by atoms with Gasteiger partial charge in [0.25, 0.3) is 5.91 Å². The fraction of sp³-hybridized carbons (Fsp3) is 0.364. The first-order valence-electron chi connectivity index (χ1n) is 9.78. The van der Waals surface area contributed by atoms with Gasteiger partial charge in [0.15, 0.2) is 0 Å². The van der Waals surface area contributed by atoms with Gasteiger partial charge in [-0.15, -0.1) is 0 Å². The van der Waals surface area contributed by atoms with Crippen molar-refractivity contribution in [2.75, 3.05) is 13.1 Å². The van der Waals surface area contributed by atoms with Crippen molar-refractivity contribution in [1.29, 1.82) is 0 Å². The van der Waals surface area contributed by atoms with E-state index < -0.39 is 17.5 Å². The zero-order valence-electron chi connectivity index (χ0n) is 16.2. The number of carbonyl (C=O) groups excluding carboxylic acids is 2. The van der Waals surface area contributed by atoms with Crippen molar-refractivity contribution in [1.82, 2.24) is 9.80 Å². The molecule has 1 unspecified atom stereocenters. The molecule has 2 heterocycles. The largest absolute Gasteiger partial charge is 0.366 e. The highest BCUT2D eigenvalue weighted by Gasteiger charge is 2.41. The summed E-state index contributed by atoms with van der Waals surface area (Å²) in [6.07, 6.45) is 1.50. The monoisotopic (exact) mass is 399 g/mol. The molecule has 0 spiro atoms. The fourth-order valence-electron chi connectivity index (χ4n) is 4.55. The summed E-state index contributed by atoms with van der Waals surface area (Å²) in [6, 6.07) is 8.79. The molecule has 0 bridgehead atoms. The van der Waals surface area contributed by atoms with Crippen LogP contribution in [0.5, 0.6) is 0 Å². The summed E-state index contributed by atoms with van der Waals surface area (Å²) in [7, 11) is 0. The Morgan fingerprint density at radius 3 is 2.55 bits per heavy atom. The number of carbonyl (C=O) groups is 2. The van der Waals surface area contributed by atoms with Crippen LogP contribution in [0, 0.1) is 11.6 Å². The van der Waals surface area contributed by atoms with Gasteiger partial charge < -0.3 is 10.6 Å². The molecule has 4 rings (SSSR count). The van der Waals surface area contributed by atoms with Gasteiger partial charge in [0, 0.05) is 37.3 Å². The van der Waals surface area contributed by atoms with E-state index in [-0.39, 0.29) is 23.6 Å². The Kier molecular flexibility index (Phi) is 5.08. The highest BCUT2D eigenvalue weighted by molar-refractivity contribution is 6.09. The minimum Gasteiger partial charge on any atom is -0.366 e. The molecule has 1 saturated heterocycles. The van der Waals surface area contributed by atoms with Crippen molar-refractivity contribution < 1.29 is 18.4 Å². The van der Waals surface area contributed by atoms with Crippen LogP contribution in [0.1, 0.15) is 57.7 Å². The summed E-state index contributed by atoms with van der Waals surface area (Å²) in [6.45, 7) is 3.79. The molecule has 2 amide bonds. The summed E-state index contributed by atoms with van der Waals surface area (Å²) in [4.78, 5) is 28.8. The summed E-state index contributed by atoms with van der Waals surface area (Å²) < 4.78 is 27.0. The Bertz CT molecular complexity index is 971. The van der Waals surface area contributed by atoms with Crippen LogP contribution in [0.2, 0.25) is 0 Å². The molecule has 2 aliphatic heterocycles. The van der Waals surface area contributed by atoms with E-state index in [0.29, 0.717) is 30.8 Å². The van der Waals surface area contributed by atoms with E-state index in [4.69, 9.17) is 5.73 Å². The molecule has 29 heavy (non-hydrogen) atoms. The van der Waals surface area contributed by atoms with Gasteiger partial charge in [0.1, 0.15) is 11.6 Å². The lowest BCUT2D eigenvalue weighted by atomic mass is 9.99. The molecule has 1 fully saturated rings. The Morgan fingerprint density at radius 2 is 1.90 bits per heavy atom. The number of likely N-dealkylation sites (tertiary alicyclic amines) is 1. The maximum atomic E-state index is 13.9. The normalized spacial score (nSPS) is 20.2. The number of hydrogen-bond acceptors (Lipinski definition) is 3. The van der Waals surface area contributed by atoms with Crippen LogP contribution in [-0.2, 0) is 6.54 Å². The van der Waals surface area contributed by atoms with E-state index in [2.05, 4.69) is 4.90 Å². The first-order chi connectivity index (χ1) is 13.9. The zero-order valence-corrected chi connectivity index (χ0v) is 16.2. The van der Waals surface area contributed by atoms with E-state index in [9.17, 15) is 18.4 Å². The number of hydrogen-bond donors (Lipinski definition) is 1. The highest BCUT2D eigenvalue weighted by Crippen LogP contribution is 2.38. The SMILES string of the molecule is CC1c2cccc(C(N)=O)c2C(=O)N1C1CCN(Cc2ccc(F)cc2F)CC1. The molecule has 152 valence electrons. The summed E-state index contributed by atoms with van der Waals surface area (Å²) in [5.41, 5.74) is 7.45. The van der Waals surface area contributed by atoms with Crippen molar-refractivity contribution in [2.24, 2.45) is 5.73 Å².